The van der Waals surface area contributed by atoms with Crippen LogP contribution in [-0.4, -0.2) is 55.4 Å². The Kier molecular flexibility index (Phi) is 6.80. The maximum absolute atomic E-state index is 12.9. The van der Waals surface area contributed by atoms with Gasteiger partial charge in [0.25, 0.3) is 5.91 Å². The average Bonchev–Trinajstić information content (AvgIpc) is 3.37. The number of amidine groups is 2. The molecule has 0 bridgehead atoms. The molecule has 0 atom stereocenters. The van der Waals surface area contributed by atoms with E-state index in [0.29, 0.717) is 20.3 Å². The third-order valence-corrected chi connectivity index (χ3v) is 7.87. The van der Waals surface area contributed by atoms with Crippen LogP contribution in [0.25, 0.3) is 11.8 Å². The molecule has 8 nitrogen and oxygen atoms in total. The minimum atomic E-state index is -0.508. The van der Waals surface area contributed by atoms with Crippen molar-refractivity contribution in [3.8, 4) is 5.69 Å². The zero-order chi connectivity index (χ0) is 25.6. The highest BCUT2D eigenvalue weighted by Crippen LogP contribution is 2.32. The van der Waals surface area contributed by atoms with Gasteiger partial charge in [0.1, 0.15) is 5.04 Å². The van der Waals surface area contributed by atoms with Crippen LogP contribution in [0, 0.1) is 19.3 Å². The van der Waals surface area contributed by atoms with Crippen molar-refractivity contribution in [1.29, 1.82) is 5.41 Å². The van der Waals surface area contributed by atoms with Gasteiger partial charge in [-0.25, -0.2) is 0 Å². The van der Waals surface area contributed by atoms with E-state index >= 15 is 0 Å². The average molecular weight is 543 g/mol. The van der Waals surface area contributed by atoms with E-state index in [0.717, 1.165) is 55.0 Å². The number of thioether (sulfide) groups is 1. The fourth-order valence-corrected chi connectivity index (χ4v) is 5.98. The van der Waals surface area contributed by atoms with Crippen molar-refractivity contribution in [2.45, 2.75) is 39.5 Å². The highest BCUT2D eigenvalue weighted by atomic mass is 35.5. The number of nitrogens with one attached hydrogen (secondary N) is 1. The highest BCUT2D eigenvalue weighted by Gasteiger charge is 2.36. The predicted molar refractivity (Wildman–Crippen MR) is 145 cm³/mol. The molecule has 1 aromatic heterocycles. The number of hydrogen-bond donors (Lipinski definition) is 1. The molecule has 2 amide bonds. The summed E-state index contributed by atoms with van der Waals surface area (Å²) >= 11 is 13.7. The number of hydrogen-bond acceptors (Lipinski definition) is 5. The largest absolute Gasteiger partial charge is 0.342 e. The first-order valence-electron chi connectivity index (χ1n) is 11.6. The Labute approximate surface area is 223 Å². The van der Waals surface area contributed by atoms with E-state index in [1.54, 1.807) is 18.2 Å². The second kappa shape index (κ2) is 9.88. The van der Waals surface area contributed by atoms with Crippen molar-refractivity contribution in [2.75, 3.05) is 13.1 Å². The normalized spacial score (nSPS) is 19.1. The lowest BCUT2D eigenvalue weighted by Gasteiger charge is -2.26. The Hall–Kier alpha value is -2.88. The molecule has 4 heterocycles. The topological polar surface area (TPSA) is 94.1 Å². The van der Waals surface area contributed by atoms with Crippen LogP contribution in [0.15, 0.2) is 39.9 Å². The highest BCUT2D eigenvalue weighted by molar-refractivity contribution is 8.27. The summed E-state index contributed by atoms with van der Waals surface area (Å²) in [6, 6.07) is 7.22. The van der Waals surface area contributed by atoms with Gasteiger partial charge in [-0.3, -0.25) is 15.0 Å². The van der Waals surface area contributed by atoms with Crippen LogP contribution in [0.5, 0.6) is 0 Å². The van der Waals surface area contributed by atoms with Gasteiger partial charge in [0.15, 0.2) is 5.84 Å². The van der Waals surface area contributed by atoms with Gasteiger partial charge in [-0.05, 0) is 80.8 Å². The molecule has 1 fully saturated rings. The van der Waals surface area contributed by atoms with Crippen LogP contribution in [0.3, 0.4) is 0 Å². The van der Waals surface area contributed by atoms with Crippen molar-refractivity contribution >= 4 is 68.9 Å². The number of likely N-dealkylation sites (tertiary alicyclic amines) is 1. The number of benzene rings is 1. The summed E-state index contributed by atoms with van der Waals surface area (Å²) in [5.41, 5.74) is 3.44. The maximum Gasteiger partial charge on any atom is 0.283 e. The van der Waals surface area contributed by atoms with Gasteiger partial charge in [-0.2, -0.15) is 15.1 Å². The third-order valence-electron chi connectivity index (χ3n) is 6.43. The first kappa shape index (κ1) is 24.8. The molecule has 5 rings (SSSR count). The van der Waals surface area contributed by atoms with Gasteiger partial charge in [-0.1, -0.05) is 23.2 Å². The number of rotatable bonds is 4. The van der Waals surface area contributed by atoms with Crippen LogP contribution < -0.4 is 0 Å². The molecule has 0 saturated carbocycles. The molecule has 3 aliphatic rings. The van der Waals surface area contributed by atoms with Crippen molar-refractivity contribution in [3.63, 3.8) is 0 Å². The molecule has 1 N–H and O–H groups in total. The number of carbonyl (C=O) groups excluding carboxylic acids is 2. The number of aliphatic imine (C=N–C) groups is 1. The van der Waals surface area contributed by atoms with Crippen LogP contribution in [-0.2, 0) is 9.59 Å². The first-order valence-corrected chi connectivity index (χ1v) is 13.2. The number of carbonyl (C=O) groups is 2. The Balaban J connectivity index is 1.41. The number of halogens is 2. The second-order valence-electron chi connectivity index (χ2n) is 8.89. The summed E-state index contributed by atoms with van der Waals surface area (Å²) in [5.74, 6) is -0.553. The number of nitrogens with zero attached hydrogens (tertiary/aromatic N) is 5. The third kappa shape index (κ3) is 4.63. The maximum atomic E-state index is 12.9. The van der Waals surface area contributed by atoms with E-state index in [2.05, 4.69) is 10.1 Å². The minimum Gasteiger partial charge on any atom is -0.342 e. The molecule has 0 aliphatic carbocycles. The van der Waals surface area contributed by atoms with Crippen molar-refractivity contribution < 1.29 is 9.59 Å². The quantitative estimate of drug-likeness (QED) is 0.521. The zero-order valence-electron chi connectivity index (χ0n) is 19.8. The number of fused-ring (bicyclic) bond motifs is 1. The number of amides is 2. The summed E-state index contributed by atoms with van der Waals surface area (Å²) < 4.78 is 1.98. The first-order chi connectivity index (χ1) is 17.2. The monoisotopic (exact) mass is 542 g/mol. The van der Waals surface area contributed by atoms with E-state index in [1.165, 1.54) is 16.8 Å². The molecule has 0 radical (unpaired) electrons. The molecule has 3 aliphatic heterocycles. The van der Waals surface area contributed by atoms with Crippen molar-refractivity contribution in [3.05, 3.63) is 56.8 Å². The SMILES string of the molecule is Cc1cc(C=C2C(=N)N3N=C(CC(=O)N4CCCCC4)SC3=NC2=O)c(C)n1-c1ccc(Cl)cc1Cl. The molecule has 1 saturated heterocycles. The molecule has 0 unspecified atom stereocenters. The lowest BCUT2D eigenvalue weighted by atomic mass is 10.1. The molecule has 1 aromatic carbocycles. The lowest BCUT2D eigenvalue weighted by Crippen LogP contribution is -2.36. The van der Waals surface area contributed by atoms with Crippen LogP contribution in [0.1, 0.15) is 42.6 Å². The minimum absolute atomic E-state index is 0.0170. The standard InChI is InChI=1S/C25H24Cl2N6O2S/c1-14-10-16(15(2)32(14)20-7-6-17(26)12-19(20)27)11-18-23(28)33-25(29-24(18)35)36-21(30-33)13-22(34)31-8-4-3-5-9-31/h6-7,10-12,28H,3-5,8-9,13H2,1-2H3. The number of aromatic nitrogens is 1. The van der Waals surface area contributed by atoms with Gasteiger partial charge in [-0.15, -0.1) is 0 Å². The Morgan fingerprint density at radius 3 is 2.64 bits per heavy atom. The Morgan fingerprint density at radius 2 is 1.92 bits per heavy atom. The van der Waals surface area contributed by atoms with Gasteiger partial charge in [0, 0.05) is 29.5 Å². The molecule has 0 spiro atoms. The number of aryl methyl sites for hydroxylation is 1. The summed E-state index contributed by atoms with van der Waals surface area (Å²) in [7, 11) is 0. The smallest absolute Gasteiger partial charge is 0.283 e. The van der Waals surface area contributed by atoms with E-state index in [-0.39, 0.29) is 23.7 Å². The van der Waals surface area contributed by atoms with Crippen LogP contribution in [0.4, 0.5) is 0 Å². The van der Waals surface area contributed by atoms with Crippen LogP contribution >= 0.6 is 35.0 Å². The summed E-state index contributed by atoms with van der Waals surface area (Å²) in [6.07, 6.45) is 4.98. The van der Waals surface area contributed by atoms with Gasteiger partial charge in [0.05, 0.1) is 22.7 Å². The summed E-state index contributed by atoms with van der Waals surface area (Å²) in [5, 5.41) is 16.4. The fraction of sp³-hybridized carbons (Fsp3) is 0.320. The number of piperidine rings is 1. The predicted octanol–water partition coefficient (Wildman–Crippen LogP) is 5.42. The molecule has 186 valence electrons. The second-order valence-corrected chi connectivity index (χ2v) is 10.8. The Morgan fingerprint density at radius 1 is 1.17 bits per heavy atom. The lowest BCUT2D eigenvalue weighted by molar-refractivity contribution is -0.130. The zero-order valence-corrected chi connectivity index (χ0v) is 22.2. The van der Waals surface area contributed by atoms with Crippen molar-refractivity contribution in [1.82, 2.24) is 14.5 Å². The van der Waals surface area contributed by atoms with Crippen molar-refractivity contribution in [2.24, 2.45) is 10.1 Å². The molecular formula is C25H24Cl2N6O2S. The fourth-order valence-electron chi connectivity index (χ4n) is 4.61. The Bertz CT molecular complexity index is 1390. The summed E-state index contributed by atoms with van der Waals surface area (Å²) in [6.45, 7) is 5.39. The summed E-state index contributed by atoms with van der Waals surface area (Å²) in [4.78, 5) is 31.6. The van der Waals surface area contributed by atoms with E-state index < -0.39 is 5.91 Å². The van der Waals surface area contributed by atoms with E-state index in [1.807, 2.05) is 35.4 Å². The van der Waals surface area contributed by atoms with Gasteiger partial charge in [0.2, 0.25) is 11.1 Å². The molecular weight excluding hydrogens is 519 g/mol. The van der Waals surface area contributed by atoms with Gasteiger partial charge >= 0.3 is 0 Å². The van der Waals surface area contributed by atoms with E-state index in [4.69, 9.17) is 28.6 Å². The number of hydrazone groups is 1. The molecule has 11 heteroatoms. The van der Waals surface area contributed by atoms with Gasteiger partial charge < -0.3 is 9.47 Å². The van der Waals surface area contributed by atoms with E-state index in [9.17, 15) is 9.59 Å². The molecule has 2 aromatic rings. The van der Waals surface area contributed by atoms with Crippen LogP contribution in [0.2, 0.25) is 10.0 Å². The molecule has 36 heavy (non-hydrogen) atoms.